The maximum Gasteiger partial charge on any atom is 0.263 e. The van der Waals surface area contributed by atoms with E-state index >= 15 is 0 Å². The number of fused-ring (bicyclic) bond motifs is 1. The van der Waals surface area contributed by atoms with Crippen molar-refractivity contribution in [2.75, 3.05) is 5.73 Å². The minimum atomic E-state index is -1.87. The van der Waals surface area contributed by atoms with Gasteiger partial charge in [0.05, 0.1) is 32.0 Å². The summed E-state index contributed by atoms with van der Waals surface area (Å²) in [7, 11) is 17.7. The number of hydrogen-bond donors (Lipinski definition) is 2. The molecule has 120 valence electrons. The van der Waals surface area contributed by atoms with E-state index in [0.29, 0.717) is 5.52 Å². The van der Waals surface area contributed by atoms with Crippen molar-refractivity contribution < 1.29 is 9.59 Å². The minimum Gasteiger partial charge on any atom is -0.398 e. The number of benzene rings is 1. The Kier molecular flexibility index (Phi) is 3.81. The molecule has 1 aliphatic rings. The number of amides is 2. The van der Waals surface area contributed by atoms with Gasteiger partial charge in [0.2, 0.25) is 11.8 Å². The number of nitrogens with two attached hydrogens (primary N) is 1. The van der Waals surface area contributed by atoms with Crippen molar-refractivity contribution in [1.82, 2.24) is 14.9 Å². The van der Waals surface area contributed by atoms with Crippen molar-refractivity contribution in [1.29, 1.82) is 0 Å². The summed E-state index contributed by atoms with van der Waals surface area (Å²) in [4.78, 5) is 41.8. The molecule has 7 nitrogen and oxygen atoms in total. The van der Waals surface area contributed by atoms with E-state index in [4.69, 9.17) is 29.3 Å². The Labute approximate surface area is 147 Å². The van der Waals surface area contributed by atoms with Gasteiger partial charge in [-0.1, -0.05) is 12.5 Å². The second kappa shape index (κ2) is 5.51. The van der Waals surface area contributed by atoms with E-state index in [1.165, 1.54) is 6.92 Å². The van der Waals surface area contributed by atoms with Crippen molar-refractivity contribution in [3.05, 3.63) is 34.4 Å². The average Bonchev–Trinajstić information content (AvgIpc) is 2.58. The molecule has 0 unspecified atom stereocenters. The van der Waals surface area contributed by atoms with Gasteiger partial charge in [0.25, 0.3) is 5.56 Å². The smallest absolute Gasteiger partial charge is 0.263 e. The first-order valence-corrected chi connectivity index (χ1v) is 7.59. The largest absolute Gasteiger partial charge is 0.398 e. The number of hydrogen-bond acceptors (Lipinski definition) is 5. The number of imide groups is 1. The molecular weight excluding hydrogens is 317 g/mol. The Morgan fingerprint density at radius 3 is 2.52 bits per heavy atom. The van der Waals surface area contributed by atoms with Crippen molar-refractivity contribution in [3.63, 3.8) is 0 Å². The summed E-state index contributed by atoms with van der Waals surface area (Å²) in [5, 5.41) is 0.447. The van der Waals surface area contributed by atoms with Crippen LogP contribution in [0.5, 0.6) is 0 Å². The SMILES string of the molecule is [B]C1([B])CC[C@]([B])(n2c(C)nc3cccc(N)c3c2=O)C(=O)NC1=O. The highest BCUT2D eigenvalue weighted by Crippen LogP contribution is 2.33. The monoisotopic (exact) mass is 330 g/mol. The first kappa shape index (κ1) is 17.3. The van der Waals surface area contributed by atoms with Gasteiger partial charge in [-0.2, -0.15) is 0 Å². The van der Waals surface area contributed by atoms with Gasteiger partial charge in [0.1, 0.15) is 13.7 Å². The lowest BCUT2D eigenvalue weighted by Crippen LogP contribution is -2.54. The number of nitrogens with zero attached hydrogens (tertiary/aromatic N) is 2. The number of rotatable bonds is 1. The van der Waals surface area contributed by atoms with Gasteiger partial charge in [-0.05, 0) is 30.7 Å². The van der Waals surface area contributed by atoms with Crippen molar-refractivity contribution in [2.45, 2.75) is 30.4 Å². The molecule has 2 aromatic rings. The van der Waals surface area contributed by atoms with Crippen molar-refractivity contribution in [3.8, 4) is 0 Å². The molecule has 25 heavy (non-hydrogen) atoms. The van der Waals surface area contributed by atoms with Crippen LogP contribution in [-0.2, 0) is 15.0 Å². The molecule has 1 aliphatic heterocycles. The number of aryl methyl sites for hydroxylation is 1. The van der Waals surface area contributed by atoms with Crippen LogP contribution in [0, 0.1) is 6.92 Å². The van der Waals surface area contributed by atoms with Gasteiger partial charge in [0, 0.05) is 5.69 Å². The highest BCUT2D eigenvalue weighted by Gasteiger charge is 2.44. The van der Waals surface area contributed by atoms with Crippen LogP contribution in [0.15, 0.2) is 23.0 Å². The number of nitrogens with one attached hydrogen (secondary N) is 1. The number of nitrogen functional groups attached to an aromatic ring is 1. The molecule has 0 aliphatic carbocycles. The predicted octanol–water partition coefficient (Wildman–Crippen LogP) is -1.00. The van der Waals surface area contributed by atoms with Crippen LogP contribution >= 0.6 is 0 Å². The fourth-order valence-electron chi connectivity index (χ4n) is 3.00. The van der Waals surface area contributed by atoms with E-state index in [1.807, 2.05) is 0 Å². The summed E-state index contributed by atoms with van der Waals surface area (Å²) in [6, 6.07) is 4.85. The molecule has 2 amide bonds. The molecule has 3 rings (SSSR count). The summed E-state index contributed by atoms with van der Waals surface area (Å²) in [6.45, 7) is 1.54. The molecule has 1 saturated heterocycles. The van der Waals surface area contributed by atoms with Crippen LogP contribution in [0.2, 0.25) is 5.21 Å². The molecule has 3 N–H and O–H groups in total. The van der Waals surface area contributed by atoms with E-state index in [1.54, 1.807) is 18.2 Å². The highest BCUT2D eigenvalue weighted by molar-refractivity contribution is 6.52. The molecule has 0 saturated carbocycles. The topological polar surface area (TPSA) is 107 Å². The lowest BCUT2D eigenvalue weighted by atomic mass is 9.51. The normalized spacial score (nSPS) is 23.2. The summed E-state index contributed by atoms with van der Waals surface area (Å²) >= 11 is 0. The van der Waals surface area contributed by atoms with Crippen LogP contribution in [0.1, 0.15) is 18.7 Å². The number of carbonyl (C=O) groups is 2. The van der Waals surface area contributed by atoms with Crippen LogP contribution < -0.4 is 16.6 Å². The summed E-state index contributed by atoms with van der Waals surface area (Å²) in [6.07, 6.45) is -0.229. The molecule has 2 heterocycles. The molecule has 10 heteroatoms. The fraction of sp³-hybridized carbons (Fsp3) is 0.333. The Morgan fingerprint density at radius 2 is 1.84 bits per heavy atom. The van der Waals surface area contributed by atoms with Crippen LogP contribution in [0.25, 0.3) is 10.9 Å². The van der Waals surface area contributed by atoms with Crippen molar-refractivity contribution >= 4 is 51.9 Å². The number of aromatic nitrogens is 2. The maximum absolute atomic E-state index is 13.0. The lowest BCUT2D eigenvalue weighted by molar-refractivity contribution is -0.132. The Hall–Kier alpha value is -2.51. The molecule has 6 radical (unpaired) electrons. The number of carbonyl (C=O) groups excluding carboxylic acids is 2. The first-order chi connectivity index (χ1) is 11.6. The van der Waals surface area contributed by atoms with E-state index < -0.39 is 28.0 Å². The van der Waals surface area contributed by atoms with Gasteiger partial charge >= 0.3 is 0 Å². The molecule has 0 spiro atoms. The Morgan fingerprint density at radius 1 is 1.16 bits per heavy atom. The van der Waals surface area contributed by atoms with Gasteiger partial charge in [0.15, 0.2) is 0 Å². The number of anilines is 1. The summed E-state index contributed by atoms with van der Waals surface area (Å²) < 4.78 is 1.04. The Bertz CT molecular complexity index is 972. The predicted molar refractivity (Wildman–Crippen MR) is 95.5 cm³/mol. The maximum atomic E-state index is 13.0. The van der Waals surface area contributed by atoms with Crippen molar-refractivity contribution in [2.24, 2.45) is 0 Å². The van der Waals surface area contributed by atoms with E-state index in [9.17, 15) is 14.4 Å². The van der Waals surface area contributed by atoms with E-state index in [2.05, 4.69) is 10.3 Å². The standard InChI is InChI=1S/C15H13B3N4O3/c1-7-20-9-4-2-3-8(19)10(9)11(23)22(7)15(18)6-5-14(16,17)12(24)21-13(15)25/h2-4H,5-6,19H2,1H3,(H,21,24,25)/t15-/m0/s1. The molecule has 1 aromatic carbocycles. The highest BCUT2D eigenvalue weighted by atomic mass is 16.2. The summed E-state index contributed by atoms with van der Waals surface area (Å²) in [5.74, 6) is -1.53. The first-order valence-electron chi connectivity index (χ1n) is 7.59. The second-order valence-corrected chi connectivity index (χ2v) is 6.29. The molecular formula is C15H13B3N4O3. The fourth-order valence-corrected chi connectivity index (χ4v) is 3.00. The zero-order valence-corrected chi connectivity index (χ0v) is 13.6. The Balaban J connectivity index is 2.28. The second-order valence-electron chi connectivity index (χ2n) is 6.29. The molecule has 1 aromatic heterocycles. The zero-order valence-electron chi connectivity index (χ0n) is 13.6. The third-order valence-corrected chi connectivity index (χ3v) is 4.46. The van der Waals surface area contributed by atoms with Gasteiger partial charge in [-0.25, -0.2) is 4.98 Å². The zero-order chi connectivity index (χ0) is 18.6. The third kappa shape index (κ3) is 2.56. The van der Waals surface area contributed by atoms with Gasteiger partial charge in [-0.3, -0.25) is 24.3 Å². The van der Waals surface area contributed by atoms with Gasteiger partial charge < -0.3 is 5.73 Å². The van der Waals surface area contributed by atoms with Crippen LogP contribution in [0.3, 0.4) is 0 Å². The van der Waals surface area contributed by atoms with Gasteiger partial charge in [-0.15, -0.1) is 0 Å². The molecule has 1 fully saturated rings. The van der Waals surface area contributed by atoms with E-state index in [0.717, 1.165) is 4.57 Å². The quantitative estimate of drug-likeness (QED) is 0.396. The molecule has 1 atom stereocenters. The van der Waals surface area contributed by atoms with E-state index in [-0.39, 0.29) is 29.7 Å². The van der Waals surface area contributed by atoms with Crippen LogP contribution in [-0.4, -0.2) is 44.9 Å². The van der Waals surface area contributed by atoms with Crippen LogP contribution in [0.4, 0.5) is 5.69 Å². The average molecular weight is 330 g/mol. The minimum absolute atomic E-state index is 0.102. The molecule has 0 bridgehead atoms. The third-order valence-electron chi connectivity index (χ3n) is 4.46. The lowest BCUT2D eigenvalue weighted by Gasteiger charge is -2.31. The summed E-state index contributed by atoms with van der Waals surface area (Å²) in [5.41, 5.74) is 4.04.